The number of hydrogen-bond acceptors (Lipinski definition) is 3. The molecule has 0 saturated heterocycles. The zero-order chi connectivity index (χ0) is 29.6. The molecule has 1 aliphatic heterocycles. The van der Waals surface area contributed by atoms with Gasteiger partial charge in [0.15, 0.2) is 0 Å². The van der Waals surface area contributed by atoms with E-state index in [0.717, 1.165) is 60.8 Å². The first kappa shape index (κ1) is 26.4. The number of fused-ring (bicyclic) bond motifs is 3. The molecule has 0 saturated carbocycles. The zero-order valence-corrected chi connectivity index (χ0v) is 25.7. The Bertz CT molecular complexity index is 2090. The van der Waals surface area contributed by atoms with E-state index in [2.05, 4.69) is 184 Å². The molecule has 4 heteroatoms. The molecule has 2 heterocycles. The number of nitrogens with zero attached hydrogens (tertiary/aromatic N) is 3. The van der Waals surface area contributed by atoms with Gasteiger partial charge >= 0.3 is 0 Å². The average molecular weight is 631 g/mol. The van der Waals surface area contributed by atoms with Crippen molar-refractivity contribution in [3.63, 3.8) is 0 Å². The summed E-state index contributed by atoms with van der Waals surface area (Å²) in [5.74, 6) is 0. The summed E-state index contributed by atoms with van der Waals surface area (Å²) in [6.07, 6.45) is 0. The molecule has 0 aliphatic carbocycles. The van der Waals surface area contributed by atoms with Crippen molar-refractivity contribution in [3.05, 3.63) is 162 Å². The summed E-state index contributed by atoms with van der Waals surface area (Å²) >= 11 is 3.60. The summed E-state index contributed by atoms with van der Waals surface area (Å²) < 4.78 is 1.05. The van der Waals surface area contributed by atoms with Crippen molar-refractivity contribution in [2.45, 2.75) is 6.92 Å². The lowest BCUT2D eigenvalue weighted by Gasteiger charge is -2.40. The van der Waals surface area contributed by atoms with Crippen LogP contribution in [0.15, 0.2) is 156 Å². The molecule has 6 aromatic carbocycles. The molecule has 0 fully saturated rings. The zero-order valence-electron chi connectivity index (χ0n) is 24.2. The summed E-state index contributed by atoms with van der Waals surface area (Å²) in [4.78, 5) is 10.1. The molecule has 0 N–H and O–H groups in total. The molecular formula is C40H28BrN3. The second-order valence-corrected chi connectivity index (χ2v) is 12.0. The molecule has 44 heavy (non-hydrogen) atoms. The van der Waals surface area contributed by atoms with E-state index in [1.807, 2.05) is 0 Å². The standard InChI is InChI=1S/C40H28BrN3/c1-27-18-20-28(21-19-27)33-26-34(29-22-24-30(41)25-23-29)42-40-32(33)12-9-17-39(40)44-37-15-7-5-13-35(37)43(31-10-3-2-4-11-31)36-14-6-8-16-38(36)44/h2-26H,1H3. The van der Waals surface area contributed by atoms with Gasteiger partial charge in [0.25, 0.3) is 0 Å². The van der Waals surface area contributed by atoms with Crippen molar-refractivity contribution in [1.82, 2.24) is 4.98 Å². The molecule has 0 bridgehead atoms. The van der Waals surface area contributed by atoms with Crippen LogP contribution in [0.4, 0.5) is 34.1 Å². The van der Waals surface area contributed by atoms with Gasteiger partial charge in [-0.25, -0.2) is 4.98 Å². The average Bonchev–Trinajstić information content (AvgIpc) is 3.07. The van der Waals surface area contributed by atoms with E-state index in [9.17, 15) is 0 Å². The Labute approximate surface area is 265 Å². The SMILES string of the molecule is Cc1ccc(-c2cc(-c3ccc(Br)cc3)nc3c(N4c5ccccc5N(c5ccccc5)c5ccccc54)cccc23)cc1. The van der Waals surface area contributed by atoms with Crippen molar-refractivity contribution >= 4 is 61.0 Å². The molecule has 0 spiro atoms. The third-order valence-electron chi connectivity index (χ3n) is 8.30. The molecule has 0 unspecified atom stereocenters. The predicted octanol–water partition coefficient (Wildman–Crippen LogP) is 11.9. The highest BCUT2D eigenvalue weighted by Gasteiger charge is 2.31. The molecular weight excluding hydrogens is 602 g/mol. The van der Waals surface area contributed by atoms with Crippen molar-refractivity contribution in [2.75, 3.05) is 9.80 Å². The largest absolute Gasteiger partial charge is 0.306 e. The van der Waals surface area contributed by atoms with Gasteiger partial charge < -0.3 is 9.80 Å². The van der Waals surface area contributed by atoms with Gasteiger partial charge in [0.1, 0.15) is 0 Å². The molecule has 8 rings (SSSR count). The number of para-hydroxylation sites is 6. The van der Waals surface area contributed by atoms with E-state index < -0.39 is 0 Å². The Morgan fingerprint density at radius 2 is 1.05 bits per heavy atom. The van der Waals surface area contributed by atoms with Gasteiger partial charge in [-0.2, -0.15) is 0 Å². The van der Waals surface area contributed by atoms with Crippen LogP contribution in [-0.2, 0) is 0 Å². The Balaban J connectivity index is 1.42. The fraction of sp³-hybridized carbons (Fsp3) is 0.0250. The number of rotatable bonds is 4. The molecule has 210 valence electrons. The topological polar surface area (TPSA) is 19.4 Å². The fourth-order valence-electron chi connectivity index (χ4n) is 6.21. The van der Waals surface area contributed by atoms with Crippen LogP contribution in [0.2, 0.25) is 0 Å². The third-order valence-corrected chi connectivity index (χ3v) is 8.83. The highest BCUT2D eigenvalue weighted by molar-refractivity contribution is 9.10. The van der Waals surface area contributed by atoms with Crippen LogP contribution in [0.25, 0.3) is 33.3 Å². The van der Waals surface area contributed by atoms with E-state index in [1.165, 1.54) is 16.7 Å². The molecule has 7 aromatic rings. The Morgan fingerprint density at radius 3 is 1.68 bits per heavy atom. The number of hydrogen-bond donors (Lipinski definition) is 0. The van der Waals surface area contributed by atoms with Crippen LogP contribution < -0.4 is 9.80 Å². The van der Waals surface area contributed by atoms with Gasteiger partial charge in [0.05, 0.1) is 39.6 Å². The second-order valence-electron chi connectivity index (χ2n) is 11.1. The van der Waals surface area contributed by atoms with Crippen LogP contribution >= 0.6 is 15.9 Å². The molecule has 0 atom stereocenters. The van der Waals surface area contributed by atoms with E-state index in [0.29, 0.717) is 0 Å². The van der Waals surface area contributed by atoms with Crippen LogP contribution in [0.3, 0.4) is 0 Å². The predicted molar refractivity (Wildman–Crippen MR) is 188 cm³/mol. The third kappa shape index (κ3) is 4.47. The van der Waals surface area contributed by atoms with Crippen molar-refractivity contribution in [3.8, 4) is 22.4 Å². The molecule has 0 radical (unpaired) electrons. The van der Waals surface area contributed by atoms with Crippen LogP contribution in [0.5, 0.6) is 0 Å². The summed E-state index contributed by atoms with van der Waals surface area (Å²) in [6, 6.07) is 53.9. The van der Waals surface area contributed by atoms with Gasteiger partial charge in [0.2, 0.25) is 0 Å². The summed E-state index contributed by atoms with van der Waals surface area (Å²) in [6.45, 7) is 2.13. The number of aryl methyl sites for hydroxylation is 1. The van der Waals surface area contributed by atoms with Gasteiger partial charge in [-0.1, -0.05) is 112 Å². The first-order chi connectivity index (χ1) is 21.7. The van der Waals surface area contributed by atoms with Crippen molar-refractivity contribution in [1.29, 1.82) is 0 Å². The minimum Gasteiger partial charge on any atom is -0.306 e. The number of halogens is 1. The van der Waals surface area contributed by atoms with Crippen LogP contribution in [0.1, 0.15) is 5.56 Å². The normalized spacial score (nSPS) is 12.2. The maximum Gasteiger partial charge on any atom is 0.0956 e. The highest BCUT2D eigenvalue weighted by Crippen LogP contribution is 2.55. The number of pyridine rings is 1. The van der Waals surface area contributed by atoms with Gasteiger partial charge in [0, 0.05) is 21.1 Å². The lowest BCUT2D eigenvalue weighted by Crippen LogP contribution is -2.24. The summed E-state index contributed by atoms with van der Waals surface area (Å²) in [5.41, 5.74) is 13.2. The molecule has 0 amide bonds. The lowest BCUT2D eigenvalue weighted by molar-refractivity contribution is 1.17. The van der Waals surface area contributed by atoms with Gasteiger partial charge in [-0.15, -0.1) is 0 Å². The molecule has 3 nitrogen and oxygen atoms in total. The summed E-state index contributed by atoms with van der Waals surface area (Å²) in [5, 5.41) is 1.12. The van der Waals surface area contributed by atoms with Crippen molar-refractivity contribution in [2.24, 2.45) is 0 Å². The minimum atomic E-state index is 0.942. The number of aromatic nitrogens is 1. The van der Waals surface area contributed by atoms with E-state index in [1.54, 1.807) is 0 Å². The minimum absolute atomic E-state index is 0.942. The molecule has 1 aliphatic rings. The smallest absolute Gasteiger partial charge is 0.0956 e. The Morgan fingerprint density at radius 1 is 0.500 bits per heavy atom. The molecule has 1 aromatic heterocycles. The van der Waals surface area contributed by atoms with Crippen LogP contribution in [-0.4, -0.2) is 4.98 Å². The van der Waals surface area contributed by atoms with Crippen molar-refractivity contribution < 1.29 is 0 Å². The number of anilines is 6. The monoisotopic (exact) mass is 629 g/mol. The van der Waals surface area contributed by atoms with E-state index >= 15 is 0 Å². The van der Waals surface area contributed by atoms with Gasteiger partial charge in [-0.05, 0) is 78.7 Å². The Kier molecular flexibility index (Phi) is 6.50. The fourth-order valence-corrected chi connectivity index (χ4v) is 6.48. The lowest BCUT2D eigenvalue weighted by atomic mass is 9.96. The van der Waals surface area contributed by atoms with Gasteiger partial charge in [-0.3, -0.25) is 0 Å². The van der Waals surface area contributed by atoms with E-state index in [-0.39, 0.29) is 0 Å². The Hall–Kier alpha value is -5.19. The maximum absolute atomic E-state index is 5.41. The van der Waals surface area contributed by atoms with Crippen LogP contribution in [0, 0.1) is 6.92 Å². The maximum atomic E-state index is 5.41. The first-order valence-electron chi connectivity index (χ1n) is 14.8. The highest BCUT2D eigenvalue weighted by atomic mass is 79.9. The quantitative estimate of drug-likeness (QED) is 0.193. The number of benzene rings is 6. The first-order valence-corrected chi connectivity index (χ1v) is 15.6. The van der Waals surface area contributed by atoms with E-state index in [4.69, 9.17) is 4.98 Å². The summed E-state index contributed by atoms with van der Waals surface area (Å²) in [7, 11) is 0. The second kappa shape index (κ2) is 10.8.